The van der Waals surface area contributed by atoms with Crippen molar-refractivity contribution in [3.63, 3.8) is 0 Å². The van der Waals surface area contributed by atoms with E-state index in [1.807, 2.05) is 6.92 Å². The third-order valence-corrected chi connectivity index (χ3v) is 10.9. The van der Waals surface area contributed by atoms with Gasteiger partial charge in [-0.2, -0.15) is 0 Å². The standard InChI is InChI=1S/C36H48ClN3O12/c1-18-10-9-11-25(48-7)36(46)17-24(50-33(44)39-36)19(2)30-35(5,52-30)26-16-27(41)40(13-12-34(4,45)32(43)38-20(3)31(42)51-26)22-14-21(29(18)49-8)15-23(47-6)28(22)37/h9-11,14-15,19-20,24-26,29-30,45-46H,12-13,16-17H2,1-8H3,(H,38,43)(H,39,44)/t19-,20+,24+,25-,26+,29-,30+,34+,35+,36+/m1/s1. The number of allylic oxidation sites excluding steroid dienone is 2. The van der Waals surface area contributed by atoms with Crippen molar-refractivity contribution < 1.29 is 57.8 Å². The van der Waals surface area contributed by atoms with Gasteiger partial charge < -0.3 is 48.9 Å². The molecule has 3 fully saturated rings. The molecule has 3 saturated heterocycles. The zero-order chi connectivity index (χ0) is 38.3. The van der Waals surface area contributed by atoms with Gasteiger partial charge in [-0.1, -0.05) is 36.8 Å². The molecular weight excluding hydrogens is 702 g/mol. The molecule has 0 aromatic heterocycles. The lowest BCUT2D eigenvalue weighted by atomic mass is 9.83. The first-order valence-corrected chi connectivity index (χ1v) is 17.5. The van der Waals surface area contributed by atoms with Crippen molar-refractivity contribution in [2.24, 2.45) is 5.92 Å². The molecule has 16 heteroatoms. The van der Waals surface area contributed by atoms with Crippen LogP contribution in [0.15, 0.2) is 35.9 Å². The number of methoxy groups -OCH3 is 3. The van der Waals surface area contributed by atoms with Crippen LogP contribution in [0, 0.1) is 5.92 Å². The van der Waals surface area contributed by atoms with E-state index in [9.17, 15) is 29.4 Å². The first-order chi connectivity index (χ1) is 24.4. The number of alkyl carbamates (subject to hydrolysis) is 1. The van der Waals surface area contributed by atoms with E-state index in [0.29, 0.717) is 11.1 Å². The molecular formula is C36H48ClN3O12. The predicted molar refractivity (Wildman–Crippen MR) is 187 cm³/mol. The van der Waals surface area contributed by atoms with E-state index < -0.39 is 89.7 Å². The highest BCUT2D eigenvalue weighted by Gasteiger charge is 2.64. The van der Waals surface area contributed by atoms with E-state index in [1.165, 1.54) is 40.1 Å². The number of rotatable bonds is 3. The molecule has 0 unspecified atom stereocenters. The highest BCUT2D eigenvalue weighted by molar-refractivity contribution is 6.35. The van der Waals surface area contributed by atoms with Gasteiger partial charge in [0.2, 0.25) is 5.91 Å². The molecule has 0 aliphatic carbocycles. The molecule has 1 aromatic rings. The SMILES string of the molecule is COc1cc2cc(c1Cl)N1CC[C@](C)(O)C(=O)N[C@@H](C)C(=O)O[C@@H](CC1=O)[C@]1(C)O[C@H]1[C@H](C)[C@@H]1C[C@@](O)(NC(=O)O1)[C@H](OC)C=CC=C(C)[C@H]2OC. The Morgan fingerprint density at radius 1 is 1.04 bits per heavy atom. The van der Waals surface area contributed by atoms with Crippen molar-refractivity contribution in [2.75, 3.05) is 32.8 Å². The Labute approximate surface area is 307 Å². The third-order valence-electron chi connectivity index (χ3n) is 10.5. The molecule has 4 aliphatic heterocycles. The van der Waals surface area contributed by atoms with Gasteiger partial charge in [-0.05, 0) is 51.0 Å². The highest BCUT2D eigenvalue weighted by Crippen LogP contribution is 2.49. The van der Waals surface area contributed by atoms with Gasteiger partial charge in [-0.3, -0.25) is 14.9 Å². The number of benzene rings is 1. The number of aliphatic hydroxyl groups is 2. The summed E-state index contributed by atoms with van der Waals surface area (Å²) in [5.41, 5.74) is -3.68. The van der Waals surface area contributed by atoms with Gasteiger partial charge in [0.15, 0.2) is 5.72 Å². The number of hydrogen-bond acceptors (Lipinski definition) is 12. The number of esters is 1. The van der Waals surface area contributed by atoms with Crippen LogP contribution in [0.1, 0.15) is 65.5 Å². The number of epoxide rings is 1. The minimum atomic E-state index is -1.99. The number of carbonyl (C=O) groups is 4. The van der Waals surface area contributed by atoms with E-state index >= 15 is 0 Å². The van der Waals surface area contributed by atoms with Gasteiger partial charge in [0.1, 0.15) is 52.4 Å². The summed E-state index contributed by atoms with van der Waals surface area (Å²) in [6, 6.07) is 2.15. The van der Waals surface area contributed by atoms with Gasteiger partial charge >= 0.3 is 12.1 Å². The van der Waals surface area contributed by atoms with Gasteiger partial charge in [0, 0.05) is 39.5 Å². The van der Waals surface area contributed by atoms with Crippen molar-refractivity contribution in [3.05, 3.63) is 46.5 Å². The highest BCUT2D eigenvalue weighted by atomic mass is 35.5. The summed E-state index contributed by atoms with van der Waals surface area (Å²) in [4.78, 5) is 55.4. The normalized spacial score (nSPS) is 37.3. The summed E-state index contributed by atoms with van der Waals surface area (Å²) in [6.45, 7) is 7.79. The van der Waals surface area contributed by atoms with E-state index in [-0.39, 0.29) is 35.8 Å². The fourth-order valence-corrected chi connectivity index (χ4v) is 7.45. The van der Waals surface area contributed by atoms with E-state index in [1.54, 1.807) is 44.2 Å². The second-order valence-corrected chi connectivity index (χ2v) is 14.7. The van der Waals surface area contributed by atoms with Crippen molar-refractivity contribution in [1.82, 2.24) is 10.6 Å². The number of amides is 3. The molecule has 286 valence electrons. The van der Waals surface area contributed by atoms with Crippen LogP contribution in [0.5, 0.6) is 5.75 Å². The summed E-state index contributed by atoms with van der Waals surface area (Å²) < 4.78 is 34.9. The lowest BCUT2D eigenvalue weighted by Gasteiger charge is -2.42. The first kappa shape index (κ1) is 39.5. The van der Waals surface area contributed by atoms with Crippen LogP contribution >= 0.6 is 11.6 Å². The second kappa shape index (κ2) is 15.0. The number of anilines is 1. The zero-order valence-corrected chi connectivity index (χ0v) is 31.3. The van der Waals surface area contributed by atoms with Crippen LogP contribution in [0.3, 0.4) is 0 Å². The average Bonchev–Trinajstić information content (AvgIpc) is 3.78. The maximum atomic E-state index is 14.5. The molecule has 3 amide bonds. The van der Waals surface area contributed by atoms with Crippen LogP contribution < -0.4 is 20.3 Å². The molecule has 15 nitrogen and oxygen atoms in total. The van der Waals surface area contributed by atoms with Gasteiger partial charge in [-0.25, -0.2) is 9.59 Å². The van der Waals surface area contributed by atoms with Crippen LogP contribution in [0.2, 0.25) is 5.02 Å². The molecule has 4 N–H and O–H groups in total. The average molecular weight is 750 g/mol. The Morgan fingerprint density at radius 3 is 2.40 bits per heavy atom. The van der Waals surface area contributed by atoms with Crippen LogP contribution in [-0.2, 0) is 38.1 Å². The monoisotopic (exact) mass is 749 g/mol. The second-order valence-electron chi connectivity index (χ2n) is 14.3. The molecule has 4 aliphatic rings. The summed E-state index contributed by atoms with van der Waals surface area (Å²) >= 11 is 6.89. The Morgan fingerprint density at radius 2 is 1.75 bits per heavy atom. The summed E-state index contributed by atoms with van der Waals surface area (Å²) in [5.74, 6) is -2.60. The number of ether oxygens (including phenoxy) is 6. The fourth-order valence-electron chi connectivity index (χ4n) is 7.17. The number of hydrogen-bond donors (Lipinski definition) is 4. The van der Waals surface area contributed by atoms with Crippen molar-refractivity contribution in [3.8, 4) is 5.75 Å². The maximum absolute atomic E-state index is 14.5. The largest absolute Gasteiger partial charge is 0.495 e. The van der Waals surface area contributed by atoms with Crippen LogP contribution in [0.4, 0.5) is 10.5 Å². The summed E-state index contributed by atoms with van der Waals surface area (Å²) in [6.07, 6.45) is -1.04. The lowest BCUT2D eigenvalue weighted by Crippen LogP contribution is -2.63. The van der Waals surface area contributed by atoms with Crippen molar-refractivity contribution >= 4 is 41.2 Å². The fraction of sp³-hybridized carbons (Fsp3) is 0.611. The number of halogens is 1. The zero-order valence-electron chi connectivity index (χ0n) is 30.6. The van der Waals surface area contributed by atoms with Crippen molar-refractivity contribution in [1.29, 1.82) is 0 Å². The van der Waals surface area contributed by atoms with E-state index in [0.717, 1.165) is 0 Å². The first-order valence-electron chi connectivity index (χ1n) is 17.1. The van der Waals surface area contributed by atoms with Gasteiger partial charge in [-0.15, -0.1) is 0 Å². The molecule has 6 bridgehead atoms. The predicted octanol–water partition coefficient (Wildman–Crippen LogP) is 2.84. The lowest BCUT2D eigenvalue weighted by molar-refractivity contribution is -0.159. The molecule has 0 saturated carbocycles. The minimum Gasteiger partial charge on any atom is -0.495 e. The molecule has 0 spiro atoms. The summed E-state index contributed by atoms with van der Waals surface area (Å²) in [7, 11) is 4.33. The number of carbonyl (C=O) groups excluding carboxylic acids is 4. The maximum Gasteiger partial charge on any atom is 0.409 e. The molecule has 5 rings (SSSR count). The van der Waals surface area contributed by atoms with E-state index in [2.05, 4.69) is 10.6 Å². The van der Waals surface area contributed by atoms with Gasteiger partial charge in [0.05, 0.1) is 25.3 Å². The summed E-state index contributed by atoms with van der Waals surface area (Å²) in [5, 5.41) is 28.0. The number of nitrogens with zero attached hydrogens (tertiary/aromatic N) is 1. The van der Waals surface area contributed by atoms with Crippen molar-refractivity contribution in [2.45, 2.75) is 107 Å². The van der Waals surface area contributed by atoms with Crippen LogP contribution in [0.25, 0.3) is 0 Å². The minimum absolute atomic E-state index is 0.0818. The molecule has 0 radical (unpaired) electrons. The Bertz CT molecular complexity index is 1650. The molecule has 10 atom stereocenters. The topological polar surface area (TPSA) is 195 Å². The third kappa shape index (κ3) is 7.66. The van der Waals surface area contributed by atoms with E-state index in [4.69, 9.17) is 40.0 Å². The van der Waals surface area contributed by atoms with Gasteiger partial charge in [0.25, 0.3) is 5.91 Å². The number of nitrogens with one attached hydrogen (secondary N) is 2. The Balaban J connectivity index is 1.70. The molecule has 52 heavy (non-hydrogen) atoms. The smallest absolute Gasteiger partial charge is 0.409 e. The Hall–Kier alpha value is -3.73. The Kier molecular flexibility index (Phi) is 11.4. The number of fused-ring (bicyclic) bond motifs is 10. The molecule has 1 aromatic carbocycles. The quantitative estimate of drug-likeness (QED) is 0.261. The molecule has 4 heterocycles. The van der Waals surface area contributed by atoms with Crippen LogP contribution in [-0.4, -0.2) is 109 Å².